The van der Waals surface area contributed by atoms with Crippen LogP contribution in [-0.4, -0.2) is 5.91 Å². The summed E-state index contributed by atoms with van der Waals surface area (Å²) in [6.07, 6.45) is 0. The number of amides is 1. The first-order valence-corrected chi connectivity index (χ1v) is 6.91. The number of benzene rings is 2. The molecule has 0 spiro atoms. The summed E-state index contributed by atoms with van der Waals surface area (Å²) in [5.41, 5.74) is 2.44. The summed E-state index contributed by atoms with van der Waals surface area (Å²) in [4.78, 5) is 12.0. The summed E-state index contributed by atoms with van der Waals surface area (Å²) >= 11 is 9.16. The molecule has 0 fully saturated rings. The molecule has 2 aromatic carbocycles. The molecule has 0 unspecified atom stereocenters. The van der Waals surface area contributed by atoms with Crippen LogP contribution in [0.1, 0.15) is 15.9 Å². The Bertz CT molecular complexity index is 554. The van der Waals surface area contributed by atoms with E-state index < -0.39 is 0 Å². The molecular formula is C14H11BrClNO. The minimum absolute atomic E-state index is 0.125. The molecule has 1 amide bonds. The minimum Gasteiger partial charge on any atom is -0.322 e. The van der Waals surface area contributed by atoms with Gasteiger partial charge in [0.25, 0.3) is 5.91 Å². The van der Waals surface area contributed by atoms with E-state index in [0.717, 1.165) is 16.6 Å². The van der Waals surface area contributed by atoms with Gasteiger partial charge in [0.15, 0.2) is 0 Å². The van der Waals surface area contributed by atoms with Gasteiger partial charge in [-0.1, -0.05) is 39.7 Å². The predicted octanol–water partition coefficient (Wildman–Crippen LogP) is 4.49. The van der Waals surface area contributed by atoms with Crippen LogP contribution in [0.25, 0.3) is 0 Å². The Morgan fingerprint density at radius 1 is 1.17 bits per heavy atom. The monoisotopic (exact) mass is 323 g/mol. The van der Waals surface area contributed by atoms with Crippen molar-refractivity contribution in [3.63, 3.8) is 0 Å². The van der Waals surface area contributed by atoms with Crippen LogP contribution in [0.15, 0.2) is 48.5 Å². The first kappa shape index (κ1) is 13.1. The Hall–Kier alpha value is -1.32. The molecule has 0 aliphatic carbocycles. The highest BCUT2D eigenvalue weighted by Gasteiger charge is 2.06. The van der Waals surface area contributed by atoms with E-state index in [2.05, 4.69) is 21.2 Å². The maximum Gasteiger partial charge on any atom is 0.255 e. The van der Waals surface area contributed by atoms with Gasteiger partial charge in [0.2, 0.25) is 0 Å². The molecule has 0 aliphatic heterocycles. The molecule has 18 heavy (non-hydrogen) atoms. The van der Waals surface area contributed by atoms with E-state index in [1.54, 1.807) is 30.3 Å². The molecule has 0 saturated heterocycles. The molecule has 0 radical (unpaired) electrons. The number of hydrogen-bond donors (Lipinski definition) is 1. The van der Waals surface area contributed by atoms with Gasteiger partial charge >= 0.3 is 0 Å². The van der Waals surface area contributed by atoms with Crippen molar-refractivity contribution in [3.8, 4) is 0 Å². The normalized spacial score (nSPS) is 10.1. The van der Waals surface area contributed by atoms with Gasteiger partial charge in [0.05, 0.1) is 0 Å². The number of nitrogens with one attached hydrogen (secondary N) is 1. The summed E-state index contributed by atoms with van der Waals surface area (Å²) in [6, 6.07) is 14.5. The Morgan fingerprint density at radius 3 is 2.56 bits per heavy atom. The fourth-order valence-electron chi connectivity index (χ4n) is 1.53. The molecule has 2 aromatic rings. The Morgan fingerprint density at radius 2 is 1.89 bits per heavy atom. The zero-order valence-electron chi connectivity index (χ0n) is 9.49. The van der Waals surface area contributed by atoms with Crippen LogP contribution >= 0.6 is 27.5 Å². The molecule has 0 heterocycles. The van der Waals surface area contributed by atoms with Crippen LogP contribution in [0.4, 0.5) is 5.69 Å². The van der Waals surface area contributed by atoms with Crippen LogP contribution < -0.4 is 5.32 Å². The lowest BCUT2D eigenvalue weighted by Gasteiger charge is -2.06. The van der Waals surface area contributed by atoms with Gasteiger partial charge < -0.3 is 5.32 Å². The predicted molar refractivity (Wildman–Crippen MR) is 78.5 cm³/mol. The number of halogens is 2. The highest BCUT2D eigenvalue weighted by molar-refractivity contribution is 9.08. The minimum atomic E-state index is -0.125. The number of carbonyl (C=O) groups is 1. The third-order valence-corrected chi connectivity index (χ3v) is 3.35. The second kappa shape index (κ2) is 6.03. The van der Waals surface area contributed by atoms with Crippen molar-refractivity contribution in [2.75, 3.05) is 5.32 Å². The van der Waals surface area contributed by atoms with E-state index in [4.69, 9.17) is 11.6 Å². The van der Waals surface area contributed by atoms with Gasteiger partial charge in [-0.2, -0.15) is 0 Å². The van der Waals surface area contributed by atoms with Gasteiger partial charge in [0.1, 0.15) is 0 Å². The van der Waals surface area contributed by atoms with Crippen LogP contribution in [0.3, 0.4) is 0 Å². The van der Waals surface area contributed by atoms with Gasteiger partial charge in [-0.15, -0.1) is 0 Å². The third-order valence-electron chi connectivity index (χ3n) is 2.45. The molecule has 2 nitrogen and oxygen atoms in total. The summed E-state index contributed by atoms with van der Waals surface area (Å²) in [5, 5.41) is 4.20. The highest BCUT2D eigenvalue weighted by Crippen LogP contribution is 2.15. The Kier molecular flexibility index (Phi) is 4.39. The second-order valence-electron chi connectivity index (χ2n) is 3.80. The van der Waals surface area contributed by atoms with Gasteiger partial charge in [-0.25, -0.2) is 0 Å². The molecule has 0 bridgehead atoms. The lowest BCUT2D eigenvalue weighted by Crippen LogP contribution is -2.11. The van der Waals surface area contributed by atoms with Crippen molar-refractivity contribution in [3.05, 3.63) is 64.7 Å². The number of rotatable bonds is 3. The summed E-state index contributed by atoms with van der Waals surface area (Å²) < 4.78 is 0. The molecule has 4 heteroatoms. The van der Waals surface area contributed by atoms with Crippen molar-refractivity contribution in [1.29, 1.82) is 0 Å². The standard InChI is InChI=1S/C14H11BrClNO/c15-9-10-2-1-3-11(8-10)14(18)17-13-6-4-12(16)5-7-13/h1-8H,9H2,(H,17,18). The van der Waals surface area contributed by atoms with Crippen LogP contribution in [0.2, 0.25) is 5.02 Å². The number of anilines is 1. The average molecular weight is 325 g/mol. The Labute approximate surface area is 119 Å². The molecule has 1 N–H and O–H groups in total. The van der Waals surface area contributed by atoms with Crippen molar-refractivity contribution >= 4 is 39.1 Å². The fourth-order valence-corrected chi connectivity index (χ4v) is 2.01. The molecule has 2 rings (SSSR count). The van der Waals surface area contributed by atoms with E-state index >= 15 is 0 Å². The average Bonchev–Trinajstić information content (AvgIpc) is 2.41. The van der Waals surface area contributed by atoms with Crippen LogP contribution in [-0.2, 0) is 5.33 Å². The number of hydrogen-bond acceptors (Lipinski definition) is 1. The van der Waals surface area contributed by atoms with E-state index in [-0.39, 0.29) is 5.91 Å². The highest BCUT2D eigenvalue weighted by atomic mass is 79.9. The molecule has 0 aliphatic rings. The van der Waals surface area contributed by atoms with E-state index in [0.29, 0.717) is 10.6 Å². The van der Waals surface area contributed by atoms with Crippen LogP contribution in [0, 0.1) is 0 Å². The van der Waals surface area contributed by atoms with Crippen LogP contribution in [0.5, 0.6) is 0 Å². The second-order valence-corrected chi connectivity index (χ2v) is 4.79. The van der Waals surface area contributed by atoms with Crippen molar-refractivity contribution in [1.82, 2.24) is 0 Å². The molecule has 0 aromatic heterocycles. The quantitative estimate of drug-likeness (QED) is 0.828. The van der Waals surface area contributed by atoms with Gasteiger partial charge in [-0.3, -0.25) is 4.79 Å². The lowest BCUT2D eigenvalue weighted by atomic mass is 10.1. The molecule has 0 atom stereocenters. The molecule has 0 saturated carbocycles. The molecule has 92 valence electrons. The third kappa shape index (κ3) is 3.34. The van der Waals surface area contributed by atoms with E-state index in [1.165, 1.54) is 0 Å². The first-order chi connectivity index (χ1) is 8.69. The van der Waals surface area contributed by atoms with E-state index in [1.807, 2.05) is 18.2 Å². The van der Waals surface area contributed by atoms with Crippen molar-refractivity contribution < 1.29 is 4.79 Å². The number of alkyl halides is 1. The van der Waals surface area contributed by atoms with Crippen molar-refractivity contribution in [2.45, 2.75) is 5.33 Å². The smallest absolute Gasteiger partial charge is 0.255 e. The molecular weight excluding hydrogens is 314 g/mol. The zero-order valence-corrected chi connectivity index (χ0v) is 11.8. The number of carbonyl (C=O) groups excluding carboxylic acids is 1. The first-order valence-electron chi connectivity index (χ1n) is 5.41. The topological polar surface area (TPSA) is 29.1 Å². The Balaban J connectivity index is 2.14. The largest absolute Gasteiger partial charge is 0.322 e. The lowest BCUT2D eigenvalue weighted by molar-refractivity contribution is 0.102. The van der Waals surface area contributed by atoms with Crippen molar-refractivity contribution in [2.24, 2.45) is 0 Å². The van der Waals surface area contributed by atoms with Gasteiger partial charge in [-0.05, 0) is 42.0 Å². The summed E-state index contributed by atoms with van der Waals surface area (Å²) in [5.74, 6) is -0.125. The summed E-state index contributed by atoms with van der Waals surface area (Å²) in [7, 11) is 0. The maximum absolute atomic E-state index is 12.0. The fraction of sp³-hybridized carbons (Fsp3) is 0.0714. The maximum atomic E-state index is 12.0. The summed E-state index contributed by atoms with van der Waals surface area (Å²) in [6.45, 7) is 0. The zero-order chi connectivity index (χ0) is 13.0. The van der Waals surface area contributed by atoms with E-state index in [9.17, 15) is 4.79 Å². The van der Waals surface area contributed by atoms with Gasteiger partial charge in [0, 0.05) is 21.6 Å². The SMILES string of the molecule is O=C(Nc1ccc(Cl)cc1)c1cccc(CBr)c1.